The van der Waals surface area contributed by atoms with Gasteiger partial charge in [0, 0.05) is 6.20 Å². The van der Waals surface area contributed by atoms with Gasteiger partial charge in [0.05, 0.1) is 18.2 Å². The fourth-order valence-electron chi connectivity index (χ4n) is 2.99. The molecule has 0 aliphatic rings. The van der Waals surface area contributed by atoms with Crippen molar-refractivity contribution in [2.24, 2.45) is 5.73 Å². The van der Waals surface area contributed by atoms with Crippen LogP contribution in [0.5, 0.6) is 5.75 Å². The van der Waals surface area contributed by atoms with Gasteiger partial charge in [-0.1, -0.05) is 28.9 Å². The van der Waals surface area contributed by atoms with E-state index in [0.29, 0.717) is 0 Å². The minimum Gasteiger partial charge on any atom is -0.489 e. The molecule has 0 aliphatic heterocycles. The van der Waals surface area contributed by atoms with E-state index in [1.807, 2.05) is 13.0 Å². The lowest BCUT2D eigenvalue weighted by Crippen LogP contribution is -2.36. The lowest BCUT2D eigenvalue weighted by Gasteiger charge is -2.14. The summed E-state index contributed by atoms with van der Waals surface area (Å²) in [5.74, 6) is -1.91. The number of esters is 1. The van der Waals surface area contributed by atoms with Crippen molar-refractivity contribution in [3.05, 3.63) is 58.5 Å². The first-order valence-electron chi connectivity index (χ1n) is 11.9. The Morgan fingerprint density at radius 1 is 1.03 bits per heavy atom. The molecular formula is C27H39N3O5. The summed E-state index contributed by atoms with van der Waals surface area (Å²) in [5.41, 5.74) is 9.10. The lowest BCUT2D eigenvalue weighted by atomic mass is 10.1. The van der Waals surface area contributed by atoms with Crippen LogP contribution in [0.15, 0.2) is 47.2 Å². The van der Waals surface area contributed by atoms with Gasteiger partial charge in [-0.15, -0.1) is 0 Å². The molecule has 1 aromatic rings. The molecule has 0 bridgehead atoms. The Morgan fingerprint density at radius 2 is 1.66 bits per heavy atom. The number of allylic oxidation sites excluding steroid dienone is 5. The number of hydrogen-bond donors (Lipinski definition) is 2. The molecule has 0 unspecified atom stereocenters. The van der Waals surface area contributed by atoms with Crippen molar-refractivity contribution in [1.29, 1.82) is 0 Å². The monoisotopic (exact) mass is 485 g/mol. The van der Waals surface area contributed by atoms with E-state index in [-0.39, 0.29) is 36.3 Å². The number of imide groups is 1. The number of amides is 2. The van der Waals surface area contributed by atoms with Crippen LogP contribution in [0.1, 0.15) is 88.1 Å². The zero-order valence-electron chi connectivity index (χ0n) is 21.8. The van der Waals surface area contributed by atoms with Crippen molar-refractivity contribution in [1.82, 2.24) is 10.3 Å². The second kappa shape index (κ2) is 15.6. The van der Waals surface area contributed by atoms with E-state index in [0.717, 1.165) is 31.3 Å². The highest BCUT2D eigenvalue weighted by atomic mass is 16.5. The highest BCUT2D eigenvalue weighted by Crippen LogP contribution is 2.20. The molecule has 0 atom stereocenters. The van der Waals surface area contributed by atoms with E-state index in [9.17, 15) is 14.4 Å². The lowest BCUT2D eigenvalue weighted by molar-refractivity contribution is -0.118. The van der Waals surface area contributed by atoms with Crippen LogP contribution in [0.2, 0.25) is 0 Å². The third kappa shape index (κ3) is 12.1. The Labute approximate surface area is 208 Å². The van der Waals surface area contributed by atoms with Crippen LogP contribution < -0.4 is 15.8 Å². The van der Waals surface area contributed by atoms with Gasteiger partial charge in [0.15, 0.2) is 11.4 Å². The number of hydrogen-bond acceptors (Lipinski definition) is 7. The largest absolute Gasteiger partial charge is 0.489 e. The molecule has 1 aromatic heterocycles. The van der Waals surface area contributed by atoms with Crippen LogP contribution in [0, 0.1) is 0 Å². The second-order valence-electron chi connectivity index (χ2n) is 8.88. The highest BCUT2D eigenvalue weighted by molar-refractivity contribution is 6.06. The maximum absolute atomic E-state index is 12.5. The predicted octanol–water partition coefficient (Wildman–Crippen LogP) is 4.66. The van der Waals surface area contributed by atoms with Crippen LogP contribution in [0.25, 0.3) is 0 Å². The first-order valence-corrected chi connectivity index (χ1v) is 11.9. The van der Waals surface area contributed by atoms with Crippen molar-refractivity contribution in [2.75, 3.05) is 13.2 Å². The van der Waals surface area contributed by atoms with Crippen molar-refractivity contribution in [3.63, 3.8) is 0 Å². The summed E-state index contributed by atoms with van der Waals surface area (Å²) in [6.07, 6.45) is 11.3. The molecule has 0 radical (unpaired) electrons. The van der Waals surface area contributed by atoms with Crippen LogP contribution in [-0.2, 0) is 9.53 Å². The van der Waals surface area contributed by atoms with Crippen molar-refractivity contribution < 1.29 is 23.9 Å². The Hall–Kier alpha value is -3.26. The first-order chi connectivity index (χ1) is 16.5. The topological polar surface area (TPSA) is 121 Å². The number of nitrogens with one attached hydrogen (secondary N) is 1. The standard InChI is InChI=1S/C27H39N3O5/c1-18(2)9-7-10-20(5)11-8-12-21(6)13-14-34-27(33)22-15-23(35-19(3)4)25(29-17-22)26(32)30-24(31)16-28/h9,11,13,15,17,19H,7-8,10,12,14,16,28H2,1-6H3,(H,30,31,32). The van der Waals surface area contributed by atoms with E-state index in [1.165, 1.54) is 23.4 Å². The number of nitrogens with two attached hydrogens (primary N) is 1. The third-order valence-electron chi connectivity index (χ3n) is 4.87. The molecule has 0 fully saturated rings. The van der Waals surface area contributed by atoms with Gasteiger partial charge in [0.2, 0.25) is 5.91 Å². The Bertz CT molecular complexity index is 973. The minimum absolute atomic E-state index is 0.0789. The van der Waals surface area contributed by atoms with E-state index in [2.05, 4.69) is 43.2 Å². The number of ether oxygens (including phenoxy) is 2. The summed E-state index contributed by atoms with van der Waals surface area (Å²) in [7, 11) is 0. The van der Waals surface area contributed by atoms with Gasteiger partial charge in [0.25, 0.3) is 5.91 Å². The highest BCUT2D eigenvalue weighted by Gasteiger charge is 2.20. The van der Waals surface area contributed by atoms with Gasteiger partial charge >= 0.3 is 5.97 Å². The van der Waals surface area contributed by atoms with Crippen LogP contribution >= 0.6 is 0 Å². The van der Waals surface area contributed by atoms with Gasteiger partial charge in [-0.25, -0.2) is 9.78 Å². The van der Waals surface area contributed by atoms with E-state index < -0.39 is 17.8 Å². The molecule has 3 N–H and O–H groups in total. The molecule has 0 saturated carbocycles. The molecule has 8 heteroatoms. The van der Waals surface area contributed by atoms with Crippen LogP contribution in [0.4, 0.5) is 0 Å². The molecule has 2 amide bonds. The summed E-state index contributed by atoms with van der Waals surface area (Å²) >= 11 is 0. The molecule has 0 saturated heterocycles. The van der Waals surface area contributed by atoms with E-state index >= 15 is 0 Å². The van der Waals surface area contributed by atoms with Crippen molar-refractivity contribution in [2.45, 2.75) is 73.3 Å². The van der Waals surface area contributed by atoms with Crippen molar-refractivity contribution >= 4 is 17.8 Å². The SMILES string of the molecule is CC(C)=CCCC(C)=CCCC(C)=CCOC(=O)c1cnc(C(=O)NC(=O)CN)c(OC(C)C)c1. The minimum atomic E-state index is -0.754. The van der Waals surface area contributed by atoms with Gasteiger partial charge in [0.1, 0.15) is 6.61 Å². The number of carbonyl (C=O) groups is 3. The smallest absolute Gasteiger partial charge is 0.340 e. The normalized spacial score (nSPS) is 11.8. The average molecular weight is 486 g/mol. The molecule has 0 aromatic carbocycles. The van der Waals surface area contributed by atoms with Crippen LogP contribution in [-0.4, -0.2) is 42.0 Å². The number of carbonyl (C=O) groups excluding carboxylic acids is 3. The third-order valence-corrected chi connectivity index (χ3v) is 4.87. The molecule has 192 valence electrons. The molecule has 1 rings (SSSR count). The summed E-state index contributed by atoms with van der Waals surface area (Å²) in [6, 6.07) is 1.39. The zero-order chi connectivity index (χ0) is 26.4. The molecule has 35 heavy (non-hydrogen) atoms. The fraction of sp³-hybridized carbons (Fsp3) is 0.481. The predicted molar refractivity (Wildman–Crippen MR) is 137 cm³/mol. The first kappa shape index (κ1) is 29.8. The molecule has 0 aliphatic carbocycles. The van der Waals surface area contributed by atoms with Gasteiger partial charge in [-0.05, 0) is 79.4 Å². The summed E-state index contributed by atoms with van der Waals surface area (Å²) in [6.45, 7) is 11.7. The average Bonchev–Trinajstić information content (AvgIpc) is 2.78. The molecule has 8 nitrogen and oxygen atoms in total. The zero-order valence-corrected chi connectivity index (χ0v) is 21.8. The number of rotatable bonds is 13. The Balaban J connectivity index is 2.70. The molecule has 0 spiro atoms. The second-order valence-corrected chi connectivity index (χ2v) is 8.88. The maximum Gasteiger partial charge on any atom is 0.340 e. The summed E-state index contributed by atoms with van der Waals surface area (Å²) in [4.78, 5) is 40.2. The van der Waals surface area contributed by atoms with Gasteiger partial charge < -0.3 is 15.2 Å². The van der Waals surface area contributed by atoms with Crippen LogP contribution in [0.3, 0.4) is 0 Å². The number of nitrogens with zero attached hydrogens (tertiary/aromatic N) is 1. The molecular weight excluding hydrogens is 446 g/mol. The summed E-state index contributed by atoms with van der Waals surface area (Å²) in [5, 5.41) is 2.12. The Morgan fingerprint density at radius 3 is 2.26 bits per heavy atom. The van der Waals surface area contributed by atoms with Crippen molar-refractivity contribution in [3.8, 4) is 5.75 Å². The quantitative estimate of drug-likeness (QED) is 0.308. The fourth-order valence-corrected chi connectivity index (χ4v) is 2.99. The van der Waals surface area contributed by atoms with E-state index in [4.69, 9.17) is 15.2 Å². The Kier molecular flexibility index (Phi) is 13.3. The van der Waals surface area contributed by atoms with Gasteiger partial charge in [-0.3, -0.25) is 14.9 Å². The summed E-state index contributed by atoms with van der Waals surface area (Å²) < 4.78 is 11.0. The maximum atomic E-state index is 12.5. The number of pyridine rings is 1. The van der Waals surface area contributed by atoms with Gasteiger partial charge in [-0.2, -0.15) is 0 Å². The van der Waals surface area contributed by atoms with E-state index in [1.54, 1.807) is 13.8 Å². The number of aromatic nitrogens is 1. The molecule has 1 heterocycles.